The normalized spacial score (nSPS) is 9.87. The number of hydrogen-bond donors (Lipinski definition) is 2. The molecule has 4 N–H and O–H groups in total. The fourth-order valence-corrected chi connectivity index (χ4v) is 1.14. The lowest BCUT2D eigenvalue weighted by atomic mass is 10.2. The van der Waals surface area contributed by atoms with Crippen LogP contribution in [0.15, 0.2) is 23.4 Å². The van der Waals surface area contributed by atoms with Crippen molar-refractivity contribution in [3.8, 4) is 5.75 Å². The van der Waals surface area contributed by atoms with Crippen molar-refractivity contribution >= 4 is 11.4 Å². The summed E-state index contributed by atoms with van der Waals surface area (Å²) in [5.41, 5.74) is 12.5. The zero-order valence-electron chi connectivity index (χ0n) is 8.48. The number of hydrogen-bond acceptors (Lipinski definition) is 5. The first-order valence-electron chi connectivity index (χ1n) is 4.81. The van der Waals surface area contributed by atoms with Gasteiger partial charge in [-0.1, -0.05) is 5.18 Å². The molecule has 0 heterocycles. The van der Waals surface area contributed by atoms with Crippen LogP contribution in [-0.2, 0) is 0 Å². The molecule has 0 radical (unpaired) electrons. The SMILES string of the molecule is Nc1ccc(N)c(OCCCCN=O)c1. The first kappa shape index (κ1) is 11.3. The quantitative estimate of drug-likeness (QED) is 0.424. The molecule has 0 aliphatic carbocycles. The average Bonchev–Trinajstić information content (AvgIpc) is 2.23. The summed E-state index contributed by atoms with van der Waals surface area (Å²) in [5.74, 6) is 0.592. The third kappa shape index (κ3) is 3.84. The summed E-state index contributed by atoms with van der Waals surface area (Å²) < 4.78 is 5.42. The Balaban J connectivity index is 2.36. The molecule has 0 spiro atoms. The monoisotopic (exact) mass is 209 g/mol. The van der Waals surface area contributed by atoms with Crippen LogP contribution in [0.4, 0.5) is 11.4 Å². The smallest absolute Gasteiger partial charge is 0.144 e. The molecule has 5 heteroatoms. The minimum atomic E-state index is 0.329. The van der Waals surface area contributed by atoms with Crippen molar-refractivity contribution in [2.45, 2.75) is 12.8 Å². The number of unbranched alkanes of at least 4 members (excludes halogenated alkanes) is 1. The van der Waals surface area contributed by atoms with Gasteiger partial charge in [-0.15, -0.1) is 0 Å². The van der Waals surface area contributed by atoms with Crippen molar-refractivity contribution < 1.29 is 4.74 Å². The van der Waals surface area contributed by atoms with Gasteiger partial charge in [0.15, 0.2) is 0 Å². The predicted octanol–water partition coefficient (Wildman–Crippen LogP) is 1.78. The molecule has 0 saturated carbocycles. The molecule has 0 aromatic heterocycles. The Labute approximate surface area is 88.4 Å². The molecule has 1 aromatic rings. The van der Waals surface area contributed by atoms with Gasteiger partial charge >= 0.3 is 0 Å². The van der Waals surface area contributed by atoms with Crippen molar-refractivity contribution in [1.29, 1.82) is 0 Å². The maximum Gasteiger partial charge on any atom is 0.144 e. The summed E-state index contributed by atoms with van der Waals surface area (Å²) in [5, 5.41) is 2.76. The van der Waals surface area contributed by atoms with Gasteiger partial charge in [0, 0.05) is 11.8 Å². The third-order valence-corrected chi connectivity index (χ3v) is 1.94. The maximum absolute atomic E-state index is 9.81. The second-order valence-corrected chi connectivity index (χ2v) is 3.21. The number of nitrogens with zero attached hydrogens (tertiary/aromatic N) is 1. The fraction of sp³-hybridized carbons (Fsp3) is 0.400. The van der Waals surface area contributed by atoms with E-state index in [4.69, 9.17) is 16.2 Å². The van der Waals surface area contributed by atoms with Gasteiger partial charge in [-0.3, -0.25) is 0 Å². The molecule has 1 rings (SSSR count). The number of nitroso groups, excluding NO2 is 1. The Morgan fingerprint density at radius 1 is 1.27 bits per heavy atom. The van der Waals surface area contributed by atoms with Crippen LogP contribution in [0.25, 0.3) is 0 Å². The zero-order chi connectivity index (χ0) is 11.1. The van der Waals surface area contributed by atoms with Gasteiger partial charge in [0.2, 0.25) is 0 Å². The van der Waals surface area contributed by atoms with Crippen LogP contribution in [0.5, 0.6) is 5.75 Å². The van der Waals surface area contributed by atoms with Crippen molar-refractivity contribution in [1.82, 2.24) is 0 Å². The summed E-state index contributed by atoms with van der Waals surface area (Å²) >= 11 is 0. The van der Waals surface area contributed by atoms with Crippen LogP contribution in [-0.4, -0.2) is 13.2 Å². The highest BCUT2D eigenvalue weighted by atomic mass is 16.5. The molecule has 0 saturated heterocycles. The van der Waals surface area contributed by atoms with E-state index in [0.29, 0.717) is 30.3 Å². The molecule has 1 aromatic carbocycles. The largest absolute Gasteiger partial charge is 0.491 e. The van der Waals surface area contributed by atoms with E-state index >= 15 is 0 Å². The van der Waals surface area contributed by atoms with E-state index in [1.165, 1.54) is 0 Å². The molecule has 0 fully saturated rings. The number of rotatable bonds is 6. The van der Waals surface area contributed by atoms with Crippen molar-refractivity contribution in [3.05, 3.63) is 23.1 Å². The van der Waals surface area contributed by atoms with E-state index in [9.17, 15) is 4.91 Å². The van der Waals surface area contributed by atoms with E-state index in [2.05, 4.69) is 5.18 Å². The lowest BCUT2D eigenvalue weighted by molar-refractivity contribution is 0.309. The van der Waals surface area contributed by atoms with E-state index in [-0.39, 0.29) is 0 Å². The Kier molecular flexibility index (Phi) is 4.40. The lowest BCUT2D eigenvalue weighted by Crippen LogP contribution is -2.01. The summed E-state index contributed by atoms with van der Waals surface area (Å²) in [4.78, 5) is 9.81. The highest BCUT2D eigenvalue weighted by Gasteiger charge is 2.00. The Morgan fingerprint density at radius 3 is 2.80 bits per heavy atom. The van der Waals surface area contributed by atoms with Crippen molar-refractivity contribution in [2.24, 2.45) is 5.18 Å². The van der Waals surface area contributed by atoms with Crippen LogP contribution in [0.2, 0.25) is 0 Å². The molecular formula is C10H15N3O2. The molecular weight excluding hydrogens is 194 g/mol. The molecule has 15 heavy (non-hydrogen) atoms. The van der Waals surface area contributed by atoms with Gasteiger partial charge in [0.05, 0.1) is 18.8 Å². The lowest BCUT2D eigenvalue weighted by Gasteiger charge is -2.08. The van der Waals surface area contributed by atoms with Gasteiger partial charge in [-0.2, -0.15) is 4.91 Å². The predicted molar refractivity (Wildman–Crippen MR) is 60.7 cm³/mol. The van der Waals surface area contributed by atoms with Crippen LogP contribution < -0.4 is 16.2 Å². The summed E-state index contributed by atoms with van der Waals surface area (Å²) in [7, 11) is 0. The standard InChI is InChI=1S/C10H15N3O2/c11-8-3-4-9(12)10(7-8)15-6-2-1-5-13-14/h3-4,7H,1-2,5-6,11-12H2. The van der Waals surface area contributed by atoms with Gasteiger partial charge in [0.25, 0.3) is 0 Å². The van der Waals surface area contributed by atoms with Gasteiger partial charge in [-0.05, 0) is 25.0 Å². The number of nitrogens with two attached hydrogens (primary N) is 2. The Hall–Kier alpha value is -1.78. The van der Waals surface area contributed by atoms with E-state index in [1.807, 2.05) is 0 Å². The minimum Gasteiger partial charge on any atom is -0.491 e. The second kappa shape index (κ2) is 5.85. The summed E-state index contributed by atoms with van der Waals surface area (Å²) in [6.07, 6.45) is 1.51. The highest BCUT2D eigenvalue weighted by molar-refractivity contribution is 5.59. The Morgan fingerprint density at radius 2 is 2.07 bits per heavy atom. The third-order valence-electron chi connectivity index (χ3n) is 1.94. The van der Waals surface area contributed by atoms with Crippen LogP contribution in [0.3, 0.4) is 0 Å². The van der Waals surface area contributed by atoms with Crippen molar-refractivity contribution in [2.75, 3.05) is 24.6 Å². The Bertz CT molecular complexity index is 328. The van der Waals surface area contributed by atoms with Crippen molar-refractivity contribution in [3.63, 3.8) is 0 Å². The molecule has 0 amide bonds. The first-order chi connectivity index (χ1) is 7.24. The highest BCUT2D eigenvalue weighted by Crippen LogP contribution is 2.23. The van der Waals surface area contributed by atoms with Gasteiger partial charge in [-0.25, -0.2) is 0 Å². The fourth-order valence-electron chi connectivity index (χ4n) is 1.14. The molecule has 0 aliphatic rings. The number of benzene rings is 1. The minimum absolute atomic E-state index is 0.329. The second-order valence-electron chi connectivity index (χ2n) is 3.21. The number of ether oxygens (including phenoxy) is 1. The van der Waals surface area contributed by atoms with Gasteiger partial charge < -0.3 is 16.2 Å². The first-order valence-corrected chi connectivity index (χ1v) is 4.81. The maximum atomic E-state index is 9.81. The summed E-state index contributed by atoms with van der Waals surface area (Å²) in [6, 6.07) is 5.11. The number of anilines is 2. The average molecular weight is 209 g/mol. The molecule has 0 unspecified atom stereocenters. The molecule has 0 bridgehead atoms. The zero-order valence-corrected chi connectivity index (χ0v) is 8.48. The molecule has 0 atom stereocenters. The van der Waals surface area contributed by atoms with Crippen LogP contribution >= 0.6 is 0 Å². The summed E-state index contributed by atoms with van der Waals surface area (Å²) in [6.45, 7) is 0.846. The molecule has 5 nitrogen and oxygen atoms in total. The van der Waals surface area contributed by atoms with Crippen LogP contribution in [0, 0.1) is 4.91 Å². The van der Waals surface area contributed by atoms with E-state index in [1.54, 1.807) is 18.2 Å². The van der Waals surface area contributed by atoms with E-state index in [0.717, 1.165) is 12.8 Å². The topological polar surface area (TPSA) is 90.7 Å². The van der Waals surface area contributed by atoms with Gasteiger partial charge in [0.1, 0.15) is 5.75 Å². The molecule has 0 aliphatic heterocycles. The molecule has 82 valence electrons. The van der Waals surface area contributed by atoms with E-state index < -0.39 is 0 Å². The number of nitrogen functional groups attached to an aromatic ring is 2. The van der Waals surface area contributed by atoms with Crippen LogP contribution in [0.1, 0.15) is 12.8 Å².